The third-order valence-electron chi connectivity index (χ3n) is 4.73. The number of hydrogen-bond acceptors (Lipinski definition) is 4. The lowest BCUT2D eigenvalue weighted by Crippen LogP contribution is -2.49. The summed E-state index contributed by atoms with van der Waals surface area (Å²) in [6.07, 6.45) is 5.74. The van der Waals surface area contributed by atoms with Gasteiger partial charge < -0.3 is 20.3 Å². The van der Waals surface area contributed by atoms with Crippen LogP contribution in [0.15, 0.2) is 23.3 Å². The lowest BCUT2D eigenvalue weighted by Gasteiger charge is -2.31. The summed E-state index contributed by atoms with van der Waals surface area (Å²) in [5.74, 6) is 1.46. The summed E-state index contributed by atoms with van der Waals surface area (Å²) in [4.78, 5) is 22.8. The Morgan fingerprint density at radius 2 is 2.08 bits per heavy atom. The Morgan fingerprint density at radius 1 is 1.36 bits per heavy atom. The third kappa shape index (κ3) is 4.61. The molecule has 1 heterocycles. The van der Waals surface area contributed by atoms with Crippen LogP contribution in [0.25, 0.3) is 0 Å². The minimum absolute atomic E-state index is 0.196. The fraction of sp³-hybridized carbons (Fsp3) is 0.611. The fourth-order valence-electron chi connectivity index (χ4n) is 3.39. The second-order valence-electron chi connectivity index (χ2n) is 6.64. The maximum Gasteiger partial charge on any atom is 0.230 e. The van der Waals surface area contributed by atoms with Gasteiger partial charge in [0.2, 0.25) is 11.8 Å². The number of ether oxygens (including phenoxy) is 1. The molecule has 0 aromatic carbocycles. The number of amides is 1. The normalized spacial score (nSPS) is 16.4. The zero-order valence-corrected chi connectivity index (χ0v) is 15.6. The second kappa shape index (κ2) is 8.69. The van der Waals surface area contributed by atoms with Crippen molar-refractivity contribution in [2.45, 2.75) is 32.2 Å². The monoisotopic (exact) mass is 347 g/mol. The van der Waals surface area contributed by atoms with Crippen molar-refractivity contribution >= 4 is 11.9 Å². The standard InChI is InChI=1S/C18H29N5O2/c1-19-17(21-12-14-8-7-11-20-15(14)25-4)22-13-18(9-5-6-10-18)16(24)23(2)3/h7-8,11H,5-6,9-10,12-13H2,1-4H3,(H2,19,21,22). The first-order chi connectivity index (χ1) is 12.0. The highest BCUT2D eigenvalue weighted by molar-refractivity contribution is 5.85. The Bertz CT molecular complexity index is 609. The van der Waals surface area contributed by atoms with Gasteiger partial charge in [0.1, 0.15) is 0 Å². The van der Waals surface area contributed by atoms with Crippen molar-refractivity contribution in [3.63, 3.8) is 0 Å². The molecule has 1 amide bonds. The molecular weight excluding hydrogens is 318 g/mol. The van der Waals surface area contributed by atoms with Crippen molar-refractivity contribution < 1.29 is 9.53 Å². The Labute approximate surface area is 149 Å². The van der Waals surface area contributed by atoms with Crippen molar-refractivity contribution in [1.82, 2.24) is 20.5 Å². The molecule has 0 unspecified atom stereocenters. The van der Waals surface area contributed by atoms with E-state index in [2.05, 4.69) is 20.6 Å². The number of pyridine rings is 1. The highest BCUT2D eigenvalue weighted by Gasteiger charge is 2.42. The lowest BCUT2D eigenvalue weighted by molar-refractivity contribution is -0.138. The molecule has 1 aliphatic carbocycles. The highest BCUT2D eigenvalue weighted by atomic mass is 16.5. The zero-order chi connectivity index (χ0) is 18.3. The van der Waals surface area contributed by atoms with Crippen molar-refractivity contribution in [1.29, 1.82) is 0 Å². The van der Waals surface area contributed by atoms with Crippen molar-refractivity contribution in [2.24, 2.45) is 10.4 Å². The van der Waals surface area contributed by atoms with Crippen LogP contribution < -0.4 is 15.4 Å². The molecule has 25 heavy (non-hydrogen) atoms. The zero-order valence-electron chi connectivity index (χ0n) is 15.6. The molecule has 2 N–H and O–H groups in total. The van der Waals surface area contributed by atoms with Crippen molar-refractivity contribution in [3.8, 4) is 5.88 Å². The Hall–Kier alpha value is -2.31. The molecule has 2 rings (SSSR count). The largest absolute Gasteiger partial charge is 0.481 e. The lowest BCUT2D eigenvalue weighted by atomic mass is 9.84. The third-order valence-corrected chi connectivity index (χ3v) is 4.73. The van der Waals surface area contributed by atoms with E-state index in [1.807, 2.05) is 26.2 Å². The number of hydrogen-bond donors (Lipinski definition) is 2. The molecule has 0 saturated heterocycles. The summed E-state index contributed by atoms with van der Waals surface area (Å²) < 4.78 is 5.26. The van der Waals surface area contributed by atoms with Crippen LogP contribution in [0.5, 0.6) is 5.88 Å². The molecule has 1 saturated carbocycles. The topological polar surface area (TPSA) is 78.9 Å². The molecule has 0 radical (unpaired) electrons. The van der Waals surface area contributed by atoms with Gasteiger partial charge in [0, 0.05) is 46.0 Å². The number of carbonyl (C=O) groups is 1. The van der Waals surface area contributed by atoms with Crippen LogP contribution in [0, 0.1) is 5.41 Å². The molecule has 1 fully saturated rings. The summed E-state index contributed by atoms with van der Waals surface area (Å²) in [6, 6.07) is 3.83. The van der Waals surface area contributed by atoms with Gasteiger partial charge in [0.05, 0.1) is 12.5 Å². The van der Waals surface area contributed by atoms with Gasteiger partial charge in [0.25, 0.3) is 0 Å². The van der Waals surface area contributed by atoms with Gasteiger partial charge in [-0.25, -0.2) is 4.98 Å². The molecule has 1 aromatic rings. The van der Waals surface area contributed by atoms with Gasteiger partial charge in [-0.1, -0.05) is 18.9 Å². The average molecular weight is 347 g/mol. The first-order valence-electron chi connectivity index (χ1n) is 8.66. The predicted octanol–water partition coefficient (Wildman–Crippen LogP) is 1.40. The van der Waals surface area contributed by atoms with Crippen LogP contribution in [-0.4, -0.2) is 56.5 Å². The van der Waals surface area contributed by atoms with E-state index in [1.54, 1.807) is 25.3 Å². The average Bonchev–Trinajstić information content (AvgIpc) is 3.11. The van der Waals surface area contributed by atoms with Crippen molar-refractivity contribution in [2.75, 3.05) is 34.8 Å². The number of aromatic nitrogens is 1. The van der Waals surface area contributed by atoms with Crippen LogP contribution in [0.1, 0.15) is 31.2 Å². The van der Waals surface area contributed by atoms with Gasteiger partial charge >= 0.3 is 0 Å². The van der Waals surface area contributed by atoms with Crippen molar-refractivity contribution in [3.05, 3.63) is 23.9 Å². The Morgan fingerprint density at radius 3 is 2.68 bits per heavy atom. The van der Waals surface area contributed by atoms with E-state index in [9.17, 15) is 4.79 Å². The van der Waals surface area contributed by atoms with Gasteiger partial charge in [-0.15, -0.1) is 0 Å². The smallest absolute Gasteiger partial charge is 0.230 e. The maximum atomic E-state index is 12.6. The molecule has 1 aromatic heterocycles. The van der Waals surface area contributed by atoms with E-state index in [1.165, 1.54) is 0 Å². The van der Waals surface area contributed by atoms with Gasteiger partial charge in [0.15, 0.2) is 5.96 Å². The summed E-state index contributed by atoms with van der Waals surface area (Å²) in [6.45, 7) is 1.14. The SMILES string of the molecule is CN=C(NCc1cccnc1OC)NCC1(C(=O)N(C)C)CCCC1. The molecular formula is C18H29N5O2. The van der Waals surface area contributed by atoms with Gasteiger partial charge in [-0.05, 0) is 18.9 Å². The number of guanidine groups is 1. The van der Waals surface area contributed by atoms with E-state index < -0.39 is 0 Å². The first-order valence-corrected chi connectivity index (χ1v) is 8.66. The van der Waals surface area contributed by atoms with E-state index >= 15 is 0 Å². The number of rotatable bonds is 6. The predicted molar refractivity (Wildman–Crippen MR) is 98.6 cm³/mol. The minimum atomic E-state index is -0.326. The number of nitrogens with one attached hydrogen (secondary N) is 2. The molecule has 1 aliphatic rings. The van der Waals surface area contributed by atoms with E-state index in [4.69, 9.17) is 4.74 Å². The van der Waals surface area contributed by atoms with Gasteiger partial charge in [-0.3, -0.25) is 9.79 Å². The van der Waals surface area contributed by atoms with Crippen LogP contribution in [0.2, 0.25) is 0 Å². The molecule has 0 atom stereocenters. The Balaban J connectivity index is 1.96. The van der Waals surface area contributed by atoms with Crippen LogP contribution in [-0.2, 0) is 11.3 Å². The molecule has 0 bridgehead atoms. The summed E-state index contributed by atoms with van der Waals surface area (Å²) in [7, 11) is 6.98. The molecule has 138 valence electrons. The first kappa shape index (κ1) is 19.0. The number of methoxy groups -OCH3 is 1. The molecule has 7 heteroatoms. The molecule has 7 nitrogen and oxygen atoms in total. The van der Waals surface area contributed by atoms with Crippen LogP contribution in [0.3, 0.4) is 0 Å². The van der Waals surface area contributed by atoms with Crippen LogP contribution >= 0.6 is 0 Å². The summed E-state index contributed by atoms with van der Waals surface area (Å²) >= 11 is 0. The Kier molecular flexibility index (Phi) is 6.61. The highest BCUT2D eigenvalue weighted by Crippen LogP contribution is 2.38. The summed E-state index contributed by atoms with van der Waals surface area (Å²) in [5, 5.41) is 6.59. The maximum absolute atomic E-state index is 12.6. The second-order valence-corrected chi connectivity index (χ2v) is 6.64. The van der Waals surface area contributed by atoms with E-state index in [0.29, 0.717) is 24.9 Å². The number of nitrogens with zero attached hydrogens (tertiary/aromatic N) is 3. The quantitative estimate of drug-likeness (QED) is 0.601. The fourth-order valence-corrected chi connectivity index (χ4v) is 3.39. The number of carbonyl (C=O) groups excluding carboxylic acids is 1. The van der Waals surface area contributed by atoms with E-state index in [0.717, 1.165) is 31.2 Å². The van der Waals surface area contributed by atoms with Gasteiger partial charge in [-0.2, -0.15) is 0 Å². The van der Waals surface area contributed by atoms with Crippen LogP contribution in [0.4, 0.5) is 0 Å². The molecule has 0 spiro atoms. The minimum Gasteiger partial charge on any atom is -0.481 e. The molecule has 0 aliphatic heterocycles. The summed E-state index contributed by atoms with van der Waals surface area (Å²) in [5.41, 5.74) is 0.625. The number of aliphatic imine (C=N–C) groups is 1. The van der Waals surface area contributed by atoms with E-state index in [-0.39, 0.29) is 11.3 Å².